The van der Waals surface area contributed by atoms with E-state index in [2.05, 4.69) is 10.6 Å². The number of carbonyl (C=O) groups is 1. The SMILES string of the molecule is Cc1ccc(C(C)(O)CNC(=O)NCc2cc(F)ccc2F)o1. The van der Waals surface area contributed by atoms with Gasteiger partial charge in [-0.1, -0.05) is 0 Å². The van der Waals surface area contributed by atoms with Gasteiger partial charge in [-0.25, -0.2) is 13.6 Å². The lowest BCUT2D eigenvalue weighted by atomic mass is 10.0. The third-order valence-corrected chi connectivity index (χ3v) is 3.31. The van der Waals surface area contributed by atoms with Crippen molar-refractivity contribution in [2.24, 2.45) is 0 Å². The number of aryl methyl sites for hydroxylation is 1. The van der Waals surface area contributed by atoms with Crippen LogP contribution < -0.4 is 10.6 Å². The zero-order valence-electron chi connectivity index (χ0n) is 12.8. The molecule has 0 aliphatic carbocycles. The molecule has 5 nitrogen and oxygen atoms in total. The summed E-state index contributed by atoms with van der Waals surface area (Å²) in [7, 11) is 0. The Kier molecular flexibility index (Phi) is 5.00. The summed E-state index contributed by atoms with van der Waals surface area (Å²) in [5, 5.41) is 15.1. The number of benzene rings is 1. The number of amides is 2. The molecule has 124 valence electrons. The molecule has 0 aliphatic heterocycles. The summed E-state index contributed by atoms with van der Waals surface area (Å²) < 4.78 is 31.8. The van der Waals surface area contributed by atoms with Gasteiger partial charge in [-0.3, -0.25) is 0 Å². The summed E-state index contributed by atoms with van der Waals surface area (Å²) >= 11 is 0. The van der Waals surface area contributed by atoms with Gasteiger partial charge < -0.3 is 20.2 Å². The molecule has 2 amide bonds. The fourth-order valence-electron chi connectivity index (χ4n) is 1.98. The van der Waals surface area contributed by atoms with Crippen molar-refractivity contribution in [3.63, 3.8) is 0 Å². The number of hydrogen-bond donors (Lipinski definition) is 3. The highest BCUT2D eigenvalue weighted by Gasteiger charge is 2.27. The molecule has 2 aromatic rings. The topological polar surface area (TPSA) is 74.5 Å². The molecule has 1 heterocycles. The molecule has 3 N–H and O–H groups in total. The minimum Gasteiger partial charge on any atom is -0.463 e. The van der Waals surface area contributed by atoms with E-state index in [-0.39, 0.29) is 18.7 Å². The first-order valence-electron chi connectivity index (χ1n) is 7.03. The molecule has 0 radical (unpaired) electrons. The molecule has 1 aromatic carbocycles. The molecule has 1 unspecified atom stereocenters. The summed E-state index contributed by atoms with van der Waals surface area (Å²) in [4.78, 5) is 11.7. The highest BCUT2D eigenvalue weighted by Crippen LogP contribution is 2.21. The molecule has 0 spiro atoms. The number of furan rings is 1. The second-order valence-corrected chi connectivity index (χ2v) is 5.46. The van der Waals surface area contributed by atoms with Crippen LogP contribution in [0, 0.1) is 18.6 Å². The van der Waals surface area contributed by atoms with Gasteiger partial charge in [0, 0.05) is 12.1 Å². The van der Waals surface area contributed by atoms with Crippen molar-refractivity contribution in [3.8, 4) is 0 Å². The predicted molar refractivity (Wildman–Crippen MR) is 79.6 cm³/mol. The standard InChI is InChI=1S/C16H18F2N2O3/c1-10-3-6-14(23-10)16(2,22)9-20-15(21)19-8-11-7-12(17)4-5-13(11)18/h3-7,22H,8-9H2,1-2H3,(H2,19,20,21). The van der Waals surface area contributed by atoms with Gasteiger partial charge in [0.1, 0.15) is 28.8 Å². The van der Waals surface area contributed by atoms with E-state index in [1.807, 2.05) is 0 Å². The lowest BCUT2D eigenvalue weighted by Gasteiger charge is -2.21. The molecular formula is C16H18F2N2O3. The Morgan fingerprint density at radius 3 is 2.65 bits per heavy atom. The zero-order valence-corrected chi connectivity index (χ0v) is 12.8. The van der Waals surface area contributed by atoms with Crippen LogP contribution in [0.2, 0.25) is 0 Å². The van der Waals surface area contributed by atoms with Crippen molar-refractivity contribution < 1.29 is 23.1 Å². The number of aliphatic hydroxyl groups is 1. The zero-order chi connectivity index (χ0) is 17.0. The third kappa shape index (κ3) is 4.53. The van der Waals surface area contributed by atoms with Crippen LogP contribution in [0.5, 0.6) is 0 Å². The fourth-order valence-corrected chi connectivity index (χ4v) is 1.98. The second kappa shape index (κ2) is 6.78. The molecular weight excluding hydrogens is 306 g/mol. The largest absolute Gasteiger partial charge is 0.463 e. The van der Waals surface area contributed by atoms with E-state index in [1.165, 1.54) is 6.92 Å². The van der Waals surface area contributed by atoms with E-state index in [9.17, 15) is 18.7 Å². The van der Waals surface area contributed by atoms with E-state index < -0.39 is 23.3 Å². The van der Waals surface area contributed by atoms with Crippen LogP contribution in [0.15, 0.2) is 34.7 Å². The van der Waals surface area contributed by atoms with Crippen LogP contribution in [0.3, 0.4) is 0 Å². The Labute approximate surface area is 132 Å². The highest BCUT2D eigenvalue weighted by molar-refractivity contribution is 5.73. The van der Waals surface area contributed by atoms with Gasteiger partial charge in [0.05, 0.1) is 6.54 Å². The van der Waals surface area contributed by atoms with Crippen molar-refractivity contribution in [1.82, 2.24) is 10.6 Å². The summed E-state index contributed by atoms with van der Waals surface area (Å²) in [5.41, 5.74) is -1.34. The minimum absolute atomic E-state index is 0.0357. The van der Waals surface area contributed by atoms with Crippen LogP contribution in [0.25, 0.3) is 0 Å². The van der Waals surface area contributed by atoms with Crippen molar-refractivity contribution in [1.29, 1.82) is 0 Å². The van der Waals surface area contributed by atoms with Crippen LogP contribution in [0.1, 0.15) is 24.0 Å². The van der Waals surface area contributed by atoms with Gasteiger partial charge in [0.2, 0.25) is 0 Å². The summed E-state index contributed by atoms with van der Waals surface area (Å²) in [6.07, 6.45) is 0. The summed E-state index contributed by atoms with van der Waals surface area (Å²) in [6.45, 7) is 2.97. The Balaban J connectivity index is 1.86. The van der Waals surface area contributed by atoms with E-state index >= 15 is 0 Å². The average molecular weight is 324 g/mol. The molecule has 0 bridgehead atoms. The van der Waals surface area contributed by atoms with Crippen LogP contribution in [0.4, 0.5) is 13.6 Å². The van der Waals surface area contributed by atoms with Gasteiger partial charge in [0.15, 0.2) is 0 Å². The maximum Gasteiger partial charge on any atom is 0.315 e. The predicted octanol–water partition coefficient (Wildman–Crippen LogP) is 2.57. The number of carbonyl (C=O) groups excluding carboxylic acids is 1. The van der Waals surface area contributed by atoms with Gasteiger partial charge in [-0.15, -0.1) is 0 Å². The lowest BCUT2D eigenvalue weighted by molar-refractivity contribution is 0.0359. The second-order valence-electron chi connectivity index (χ2n) is 5.46. The lowest BCUT2D eigenvalue weighted by Crippen LogP contribution is -2.43. The fraction of sp³-hybridized carbons (Fsp3) is 0.312. The number of rotatable bonds is 5. The first-order valence-corrected chi connectivity index (χ1v) is 7.03. The molecule has 1 atom stereocenters. The maximum atomic E-state index is 13.4. The molecule has 0 aliphatic rings. The van der Waals surface area contributed by atoms with Crippen LogP contribution >= 0.6 is 0 Å². The minimum atomic E-state index is -1.38. The Bertz CT molecular complexity index is 698. The van der Waals surface area contributed by atoms with Crippen molar-refractivity contribution in [2.75, 3.05) is 6.54 Å². The summed E-state index contributed by atoms with van der Waals surface area (Å²) in [6, 6.07) is 5.72. The Hall–Kier alpha value is -2.41. The number of hydrogen-bond acceptors (Lipinski definition) is 3. The molecule has 0 saturated carbocycles. The first-order chi connectivity index (χ1) is 10.8. The molecule has 0 fully saturated rings. The van der Waals surface area contributed by atoms with E-state index in [4.69, 9.17) is 4.42 Å². The molecule has 2 rings (SSSR count). The van der Waals surface area contributed by atoms with Crippen molar-refractivity contribution >= 4 is 6.03 Å². The maximum absolute atomic E-state index is 13.4. The van der Waals surface area contributed by atoms with Gasteiger partial charge in [-0.05, 0) is 44.2 Å². The first kappa shape index (κ1) is 17.0. The van der Waals surface area contributed by atoms with E-state index in [1.54, 1.807) is 19.1 Å². The Morgan fingerprint density at radius 2 is 2.00 bits per heavy atom. The van der Waals surface area contributed by atoms with Crippen molar-refractivity contribution in [2.45, 2.75) is 26.0 Å². The molecule has 23 heavy (non-hydrogen) atoms. The van der Waals surface area contributed by atoms with Crippen molar-refractivity contribution in [3.05, 3.63) is 59.1 Å². The van der Waals surface area contributed by atoms with Crippen LogP contribution in [-0.2, 0) is 12.1 Å². The van der Waals surface area contributed by atoms with Gasteiger partial charge in [-0.2, -0.15) is 0 Å². The van der Waals surface area contributed by atoms with Crippen LogP contribution in [-0.4, -0.2) is 17.7 Å². The van der Waals surface area contributed by atoms with Gasteiger partial charge in [0.25, 0.3) is 0 Å². The molecule has 1 aromatic heterocycles. The van der Waals surface area contributed by atoms with E-state index in [0.717, 1.165) is 18.2 Å². The third-order valence-electron chi connectivity index (χ3n) is 3.31. The monoisotopic (exact) mass is 324 g/mol. The Morgan fingerprint density at radius 1 is 1.26 bits per heavy atom. The number of halogens is 2. The molecule has 0 saturated heterocycles. The van der Waals surface area contributed by atoms with Gasteiger partial charge >= 0.3 is 6.03 Å². The molecule has 7 heteroatoms. The quantitative estimate of drug-likeness (QED) is 0.791. The summed E-state index contributed by atoms with van der Waals surface area (Å²) in [5.74, 6) is -0.220. The smallest absolute Gasteiger partial charge is 0.315 e. The number of nitrogens with one attached hydrogen (secondary N) is 2. The average Bonchev–Trinajstić information content (AvgIpc) is 2.93. The van der Waals surface area contributed by atoms with E-state index in [0.29, 0.717) is 11.5 Å². The highest BCUT2D eigenvalue weighted by atomic mass is 19.1. The number of urea groups is 1. The normalized spacial score (nSPS) is 13.4.